The highest BCUT2D eigenvalue weighted by Crippen LogP contribution is 2.24. The summed E-state index contributed by atoms with van der Waals surface area (Å²) in [5.41, 5.74) is 3.29. The van der Waals surface area contributed by atoms with E-state index in [2.05, 4.69) is 26.2 Å². The summed E-state index contributed by atoms with van der Waals surface area (Å²) in [6, 6.07) is 15.2. The summed E-state index contributed by atoms with van der Waals surface area (Å²) in [4.78, 5) is 16.8. The molecule has 0 unspecified atom stereocenters. The van der Waals surface area contributed by atoms with Gasteiger partial charge in [-0.15, -0.1) is 0 Å². The highest BCUT2D eigenvalue weighted by Gasteiger charge is 2.12. The first kappa shape index (κ1) is 13.8. The number of benzene rings is 2. The van der Waals surface area contributed by atoms with Gasteiger partial charge in [0, 0.05) is 16.1 Å². The average molecular weight is 341 g/mol. The molecule has 1 heterocycles. The topological polar surface area (TPSA) is 42.0 Å². The van der Waals surface area contributed by atoms with Crippen LogP contribution in [0.4, 0.5) is 5.69 Å². The molecule has 4 heteroatoms. The summed E-state index contributed by atoms with van der Waals surface area (Å²) < 4.78 is 0.781. The van der Waals surface area contributed by atoms with Crippen LogP contribution in [0.3, 0.4) is 0 Å². The summed E-state index contributed by atoms with van der Waals surface area (Å²) in [6.07, 6.45) is 1.74. The lowest BCUT2D eigenvalue weighted by atomic mass is 10.1. The molecule has 0 bridgehead atoms. The fourth-order valence-corrected chi connectivity index (χ4v) is 2.64. The minimum absolute atomic E-state index is 0.137. The Kier molecular flexibility index (Phi) is 3.71. The van der Waals surface area contributed by atoms with Crippen molar-refractivity contribution in [3.63, 3.8) is 0 Å². The van der Waals surface area contributed by atoms with Crippen molar-refractivity contribution in [2.45, 2.75) is 6.92 Å². The standard InChI is InChI=1S/C17H13BrN2O/c1-11-7-8-14(18)13(10-11)17(21)20-16-6-2-5-15-12(16)4-3-9-19-15/h2-10H,1H3,(H,20,21). The van der Waals surface area contributed by atoms with Crippen LogP contribution in [0.5, 0.6) is 0 Å². The van der Waals surface area contributed by atoms with Crippen molar-refractivity contribution >= 4 is 38.4 Å². The van der Waals surface area contributed by atoms with Crippen molar-refractivity contribution in [3.05, 3.63) is 70.3 Å². The van der Waals surface area contributed by atoms with E-state index in [0.717, 1.165) is 26.6 Å². The maximum atomic E-state index is 12.5. The number of nitrogens with one attached hydrogen (secondary N) is 1. The first-order valence-electron chi connectivity index (χ1n) is 6.56. The molecular formula is C17H13BrN2O. The van der Waals surface area contributed by atoms with Gasteiger partial charge in [0.2, 0.25) is 0 Å². The van der Waals surface area contributed by atoms with Crippen LogP contribution < -0.4 is 5.32 Å². The second kappa shape index (κ2) is 5.66. The minimum Gasteiger partial charge on any atom is -0.321 e. The smallest absolute Gasteiger partial charge is 0.256 e. The third-order valence-corrected chi connectivity index (χ3v) is 3.95. The summed E-state index contributed by atoms with van der Waals surface area (Å²) in [5.74, 6) is -0.137. The number of nitrogens with zero attached hydrogens (tertiary/aromatic N) is 1. The predicted octanol–water partition coefficient (Wildman–Crippen LogP) is 4.56. The number of aromatic nitrogens is 1. The largest absolute Gasteiger partial charge is 0.321 e. The molecule has 3 rings (SSSR count). The van der Waals surface area contributed by atoms with Crippen molar-refractivity contribution < 1.29 is 4.79 Å². The number of aryl methyl sites for hydroxylation is 1. The second-order valence-electron chi connectivity index (χ2n) is 4.81. The van der Waals surface area contributed by atoms with Gasteiger partial charge < -0.3 is 5.32 Å². The second-order valence-corrected chi connectivity index (χ2v) is 5.67. The Hall–Kier alpha value is -2.20. The Balaban J connectivity index is 1.99. The fraction of sp³-hybridized carbons (Fsp3) is 0.0588. The van der Waals surface area contributed by atoms with Crippen LogP contribution in [-0.4, -0.2) is 10.9 Å². The maximum absolute atomic E-state index is 12.5. The van der Waals surface area contributed by atoms with E-state index in [1.165, 1.54) is 0 Å². The van der Waals surface area contributed by atoms with Gasteiger partial charge in [-0.25, -0.2) is 0 Å². The molecule has 0 spiro atoms. The number of amides is 1. The number of halogens is 1. The quantitative estimate of drug-likeness (QED) is 0.743. The minimum atomic E-state index is -0.137. The Morgan fingerprint density at radius 3 is 2.86 bits per heavy atom. The molecule has 0 saturated carbocycles. The normalized spacial score (nSPS) is 10.6. The van der Waals surface area contributed by atoms with Crippen molar-refractivity contribution in [2.75, 3.05) is 5.32 Å². The van der Waals surface area contributed by atoms with E-state index in [1.807, 2.05) is 55.5 Å². The third-order valence-electron chi connectivity index (χ3n) is 3.26. The van der Waals surface area contributed by atoms with Crippen LogP contribution in [0.25, 0.3) is 10.9 Å². The lowest BCUT2D eigenvalue weighted by Crippen LogP contribution is -2.13. The molecule has 3 nitrogen and oxygen atoms in total. The molecule has 21 heavy (non-hydrogen) atoms. The Bertz CT molecular complexity index is 825. The Morgan fingerprint density at radius 1 is 1.14 bits per heavy atom. The van der Waals surface area contributed by atoms with Crippen molar-refractivity contribution in [1.82, 2.24) is 4.98 Å². The van der Waals surface area contributed by atoms with E-state index in [4.69, 9.17) is 0 Å². The molecule has 0 atom stereocenters. The molecule has 1 aromatic heterocycles. The zero-order valence-electron chi connectivity index (χ0n) is 11.4. The molecule has 0 aliphatic rings. The van der Waals surface area contributed by atoms with Crippen LogP contribution in [0.2, 0.25) is 0 Å². The number of carbonyl (C=O) groups is 1. The van der Waals surface area contributed by atoms with Gasteiger partial charge in [0.15, 0.2) is 0 Å². The van der Waals surface area contributed by atoms with Gasteiger partial charge in [-0.3, -0.25) is 9.78 Å². The van der Waals surface area contributed by atoms with Crippen LogP contribution in [0, 0.1) is 6.92 Å². The number of rotatable bonds is 2. The number of carbonyl (C=O) groups excluding carboxylic acids is 1. The highest BCUT2D eigenvalue weighted by molar-refractivity contribution is 9.10. The molecule has 2 aromatic carbocycles. The van der Waals surface area contributed by atoms with Crippen LogP contribution in [0.15, 0.2) is 59.2 Å². The summed E-state index contributed by atoms with van der Waals surface area (Å²) in [6.45, 7) is 1.96. The summed E-state index contributed by atoms with van der Waals surface area (Å²) in [5, 5.41) is 3.89. The van der Waals surface area contributed by atoms with E-state index < -0.39 is 0 Å². The van der Waals surface area contributed by atoms with E-state index in [9.17, 15) is 4.79 Å². The van der Waals surface area contributed by atoms with E-state index in [1.54, 1.807) is 6.20 Å². The average Bonchev–Trinajstić information content (AvgIpc) is 2.50. The Morgan fingerprint density at radius 2 is 2.00 bits per heavy atom. The van der Waals surface area contributed by atoms with E-state index in [-0.39, 0.29) is 5.91 Å². The van der Waals surface area contributed by atoms with Gasteiger partial charge >= 0.3 is 0 Å². The Labute approximate surface area is 131 Å². The molecule has 0 aliphatic heterocycles. The van der Waals surface area contributed by atoms with Crippen LogP contribution >= 0.6 is 15.9 Å². The molecule has 0 saturated heterocycles. The van der Waals surface area contributed by atoms with Crippen molar-refractivity contribution in [3.8, 4) is 0 Å². The first-order chi connectivity index (χ1) is 10.1. The number of hydrogen-bond acceptors (Lipinski definition) is 2. The first-order valence-corrected chi connectivity index (χ1v) is 7.36. The molecule has 0 radical (unpaired) electrons. The fourth-order valence-electron chi connectivity index (χ4n) is 2.22. The van der Waals surface area contributed by atoms with Crippen molar-refractivity contribution in [2.24, 2.45) is 0 Å². The zero-order chi connectivity index (χ0) is 14.8. The molecule has 104 valence electrons. The molecule has 1 amide bonds. The van der Waals surface area contributed by atoms with Gasteiger partial charge in [-0.1, -0.05) is 17.7 Å². The monoisotopic (exact) mass is 340 g/mol. The summed E-state index contributed by atoms with van der Waals surface area (Å²) in [7, 11) is 0. The number of hydrogen-bond donors (Lipinski definition) is 1. The maximum Gasteiger partial charge on any atom is 0.256 e. The zero-order valence-corrected chi connectivity index (χ0v) is 13.0. The van der Waals surface area contributed by atoms with Gasteiger partial charge in [0.25, 0.3) is 5.91 Å². The summed E-state index contributed by atoms with van der Waals surface area (Å²) >= 11 is 3.42. The van der Waals surface area contributed by atoms with Crippen molar-refractivity contribution in [1.29, 1.82) is 0 Å². The van der Waals surface area contributed by atoms with Gasteiger partial charge in [-0.05, 0) is 59.3 Å². The van der Waals surface area contributed by atoms with E-state index >= 15 is 0 Å². The van der Waals surface area contributed by atoms with E-state index in [0.29, 0.717) is 5.56 Å². The lowest BCUT2D eigenvalue weighted by molar-refractivity contribution is 0.102. The molecule has 3 aromatic rings. The third kappa shape index (κ3) is 2.81. The molecule has 0 aliphatic carbocycles. The highest BCUT2D eigenvalue weighted by atomic mass is 79.9. The van der Waals surface area contributed by atoms with Gasteiger partial charge in [0.05, 0.1) is 16.8 Å². The molecular weight excluding hydrogens is 328 g/mol. The molecule has 0 fully saturated rings. The van der Waals surface area contributed by atoms with Crippen LogP contribution in [0.1, 0.15) is 15.9 Å². The number of fused-ring (bicyclic) bond motifs is 1. The van der Waals surface area contributed by atoms with Gasteiger partial charge in [0.1, 0.15) is 0 Å². The lowest BCUT2D eigenvalue weighted by Gasteiger charge is -2.10. The number of pyridine rings is 1. The molecule has 1 N–H and O–H groups in total. The predicted molar refractivity (Wildman–Crippen MR) is 88.6 cm³/mol. The SMILES string of the molecule is Cc1ccc(Br)c(C(=O)Nc2cccc3ncccc23)c1. The van der Waals surface area contributed by atoms with Crippen LogP contribution in [-0.2, 0) is 0 Å². The van der Waals surface area contributed by atoms with Gasteiger partial charge in [-0.2, -0.15) is 0 Å². The number of anilines is 1.